The number of pyridine rings is 1. The third-order valence-corrected chi connectivity index (χ3v) is 2.23. The molecule has 1 heterocycles. The fraction of sp³-hybridized carbons (Fsp3) is 0. The Morgan fingerprint density at radius 1 is 1.00 bits per heavy atom. The highest BCUT2D eigenvalue weighted by molar-refractivity contribution is 6.09. The Labute approximate surface area is 97.1 Å². The zero-order valence-electron chi connectivity index (χ0n) is 8.85. The maximum atomic E-state index is 12.7. The van der Waals surface area contributed by atoms with Crippen molar-refractivity contribution < 1.29 is 9.18 Å². The van der Waals surface area contributed by atoms with Crippen LogP contribution in [0.3, 0.4) is 0 Å². The minimum Gasteiger partial charge on any atom is -0.384 e. The minimum atomic E-state index is -0.393. The Morgan fingerprint density at radius 2 is 1.53 bits per heavy atom. The van der Waals surface area contributed by atoms with Crippen LogP contribution in [-0.4, -0.2) is 10.8 Å². The van der Waals surface area contributed by atoms with E-state index in [4.69, 9.17) is 11.5 Å². The molecule has 86 valence electrons. The van der Waals surface area contributed by atoms with Gasteiger partial charge in [-0.15, -0.1) is 0 Å². The summed E-state index contributed by atoms with van der Waals surface area (Å²) in [6, 6.07) is 8.13. The highest BCUT2D eigenvalue weighted by Gasteiger charge is 2.10. The number of rotatable bonds is 2. The molecule has 0 spiro atoms. The molecule has 1 aromatic carbocycles. The van der Waals surface area contributed by atoms with E-state index in [-0.39, 0.29) is 17.4 Å². The lowest BCUT2D eigenvalue weighted by Crippen LogP contribution is -2.05. The molecule has 0 aliphatic carbocycles. The van der Waals surface area contributed by atoms with Gasteiger partial charge in [0.25, 0.3) is 0 Å². The Kier molecular flexibility index (Phi) is 2.74. The largest absolute Gasteiger partial charge is 0.384 e. The highest BCUT2D eigenvalue weighted by Crippen LogP contribution is 2.14. The molecule has 0 radical (unpaired) electrons. The summed E-state index contributed by atoms with van der Waals surface area (Å²) in [5.41, 5.74) is 11.7. The molecule has 0 aliphatic heterocycles. The van der Waals surface area contributed by atoms with Crippen LogP contribution in [0.25, 0.3) is 0 Å². The molecule has 4 nitrogen and oxygen atoms in total. The number of nitrogen functional groups attached to an aromatic ring is 2. The number of halogens is 1. The van der Waals surface area contributed by atoms with Crippen LogP contribution in [0.1, 0.15) is 15.9 Å². The second-order valence-corrected chi connectivity index (χ2v) is 3.54. The zero-order valence-corrected chi connectivity index (χ0v) is 8.85. The zero-order chi connectivity index (χ0) is 12.4. The van der Waals surface area contributed by atoms with Gasteiger partial charge in [0.05, 0.1) is 0 Å². The summed E-state index contributed by atoms with van der Waals surface area (Å²) in [7, 11) is 0. The topological polar surface area (TPSA) is 82.0 Å². The molecule has 4 N–H and O–H groups in total. The van der Waals surface area contributed by atoms with Gasteiger partial charge in [0.2, 0.25) is 0 Å². The molecule has 0 saturated heterocycles. The lowest BCUT2D eigenvalue weighted by atomic mass is 10.0. The fourth-order valence-electron chi connectivity index (χ4n) is 1.47. The van der Waals surface area contributed by atoms with Gasteiger partial charge < -0.3 is 11.5 Å². The second-order valence-electron chi connectivity index (χ2n) is 3.54. The van der Waals surface area contributed by atoms with Gasteiger partial charge in [0, 0.05) is 11.1 Å². The first-order valence-electron chi connectivity index (χ1n) is 4.89. The van der Waals surface area contributed by atoms with Crippen molar-refractivity contribution in [3.05, 3.63) is 53.3 Å². The number of hydrogen-bond donors (Lipinski definition) is 2. The third kappa shape index (κ3) is 2.39. The van der Waals surface area contributed by atoms with Gasteiger partial charge in [-0.1, -0.05) is 0 Å². The Bertz CT molecular complexity index is 546. The van der Waals surface area contributed by atoms with Crippen molar-refractivity contribution in [3.63, 3.8) is 0 Å². The predicted molar refractivity (Wildman–Crippen MR) is 62.9 cm³/mol. The molecule has 17 heavy (non-hydrogen) atoms. The Hall–Kier alpha value is -2.43. The summed E-state index contributed by atoms with van der Waals surface area (Å²) in [4.78, 5) is 15.8. The number of ketones is 1. The van der Waals surface area contributed by atoms with Crippen molar-refractivity contribution in [1.82, 2.24) is 4.98 Å². The van der Waals surface area contributed by atoms with Crippen molar-refractivity contribution >= 4 is 17.4 Å². The summed E-state index contributed by atoms with van der Waals surface area (Å²) >= 11 is 0. The summed E-state index contributed by atoms with van der Waals surface area (Å²) in [5.74, 6) is -0.313. The van der Waals surface area contributed by atoms with E-state index in [1.165, 1.54) is 36.4 Å². The summed E-state index contributed by atoms with van der Waals surface area (Å²) in [6.07, 6.45) is 0. The molecule has 0 bridgehead atoms. The number of hydrogen-bond acceptors (Lipinski definition) is 4. The van der Waals surface area contributed by atoms with Crippen LogP contribution < -0.4 is 11.5 Å². The molecule has 2 rings (SSSR count). The number of carbonyl (C=O) groups excluding carboxylic acids is 1. The van der Waals surface area contributed by atoms with Crippen LogP contribution in [-0.2, 0) is 0 Å². The van der Waals surface area contributed by atoms with Crippen LogP contribution in [0.15, 0.2) is 36.4 Å². The summed E-state index contributed by atoms with van der Waals surface area (Å²) in [5, 5.41) is 0. The van der Waals surface area contributed by atoms with Crippen molar-refractivity contribution in [3.8, 4) is 0 Å². The molecule has 0 atom stereocenters. The monoisotopic (exact) mass is 231 g/mol. The van der Waals surface area contributed by atoms with E-state index in [1.807, 2.05) is 0 Å². The molecular weight excluding hydrogens is 221 g/mol. The molecule has 0 amide bonds. The average Bonchev–Trinajstić information content (AvgIpc) is 2.28. The van der Waals surface area contributed by atoms with Gasteiger partial charge in [0.15, 0.2) is 5.78 Å². The van der Waals surface area contributed by atoms with Crippen LogP contribution in [0, 0.1) is 5.82 Å². The van der Waals surface area contributed by atoms with E-state index >= 15 is 0 Å². The normalized spacial score (nSPS) is 10.2. The van der Waals surface area contributed by atoms with E-state index in [0.717, 1.165) is 0 Å². The first kappa shape index (κ1) is 11.1. The standard InChI is InChI=1S/C12H10FN3O/c13-9-3-1-7(2-4-9)12(17)8-5-10(14)16-11(15)6-8/h1-6H,(H4,14,15,16). The molecule has 5 heteroatoms. The molecule has 2 aromatic rings. The number of anilines is 2. The highest BCUT2D eigenvalue weighted by atomic mass is 19.1. The van der Waals surface area contributed by atoms with E-state index in [0.29, 0.717) is 11.1 Å². The number of nitrogens with zero attached hydrogens (tertiary/aromatic N) is 1. The first-order valence-corrected chi connectivity index (χ1v) is 4.89. The molecule has 0 aliphatic rings. The summed E-state index contributed by atoms with van der Waals surface area (Å²) in [6.45, 7) is 0. The van der Waals surface area contributed by atoms with Gasteiger partial charge in [0.1, 0.15) is 17.5 Å². The maximum Gasteiger partial charge on any atom is 0.193 e. The van der Waals surface area contributed by atoms with Crippen LogP contribution in [0.2, 0.25) is 0 Å². The molecular formula is C12H10FN3O. The van der Waals surface area contributed by atoms with E-state index in [1.54, 1.807) is 0 Å². The third-order valence-electron chi connectivity index (χ3n) is 2.23. The fourth-order valence-corrected chi connectivity index (χ4v) is 1.47. The van der Waals surface area contributed by atoms with E-state index in [2.05, 4.69) is 4.98 Å². The molecule has 1 aromatic heterocycles. The van der Waals surface area contributed by atoms with Crippen LogP contribution >= 0.6 is 0 Å². The van der Waals surface area contributed by atoms with E-state index in [9.17, 15) is 9.18 Å². The van der Waals surface area contributed by atoms with Crippen molar-refractivity contribution in [2.75, 3.05) is 11.5 Å². The van der Waals surface area contributed by atoms with Crippen molar-refractivity contribution in [2.45, 2.75) is 0 Å². The lowest BCUT2D eigenvalue weighted by molar-refractivity contribution is 0.103. The Morgan fingerprint density at radius 3 is 2.06 bits per heavy atom. The summed E-state index contributed by atoms with van der Waals surface area (Å²) < 4.78 is 12.7. The number of carbonyl (C=O) groups is 1. The minimum absolute atomic E-state index is 0.176. The van der Waals surface area contributed by atoms with Gasteiger partial charge in [-0.25, -0.2) is 9.37 Å². The first-order chi connectivity index (χ1) is 8.06. The number of benzene rings is 1. The lowest BCUT2D eigenvalue weighted by Gasteiger charge is -2.03. The smallest absolute Gasteiger partial charge is 0.193 e. The van der Waals surface area contributed by atoms with Crippen LogP contribution in [0.5, 0.6) is 0 Å². The van der Waals surface area contributed by atoms with Crippen molar-refractivity contribution in [1.29, 1.82) is 0 Å². The molecule has 0 unspecified atom stereocenters. The second kappa shape index (κ2) is 4.21. The number of aromatic nitrogens is 1. The molecule has 0 fully saturated rings. The van der Waals surface area contributed by atoms with Crippen LogP contribution in [0.4, 0.5) is 16.0 Å². The number of nitrogens with two attached hydrogens (primary N) is 2. The van der Waals surface area contributed by atoms with Crippen molar-refractivity contribution in [2.24, 2.45) is 0 Å². The molecule has 0 saturated carbocycles. The predicted octanol–water partition coefficient (Wildman–Crippen LogP) is 1.62. The quantitative estimate of drug-likeness (QED) is 0.769. The maximum absolute atomic E-state index is 12.7. The average molecular weight is 231 g/mol. The van der Waals surface area contributed by atoms with E-state index < -0.39 is 5.82 Å². The van der Waals surface area contributed by atoms with Gasteiger partial charge in [-0.3, -0.25) is 4.79 Å². The van der Waals surface area contributed by atoms with Gasteiger partial charge in [-0.05, 0) is 36.4 Å². The van der Waals surface area contributed by atoms with Gasteiger partial charge in [-0.2, -0.15) is 0 Å². The Balaban J connectivity index is 2.40. The SMILES string of the molecule is Nc1cc(C(=O)c2ccc(F)cc2)cc(N)n1. The van der Waals surface area contributed by atoms with Gasteiger partial charge >= 0.3 is 0 Å².